The topological polar surface area (TPSA) is 37.3 Å². The summed E-state index contributed by atoms with van der Waals surface area (Å²) in [5, 5.41) is 8.92. The Labute approximate surface area is 123 Å². The van der Waals surface area contributed by atoms with Gasteiger partial charge in [-0.15, -0.1) is 0 Å². The molecule has 2 aromatic rings. The van der Waals surface area contributed by atoms with E-state index in [1.807, 2.05) is 0 Å². The van der Waals surface area contributed by atoms with Crippen LogP contribution in [0.1, 0.15) is 11.1 Å². The number of carbonyl (C=O) groups is 1. The summed E-state index contributed by atoms with van der Waals surface area (Å²) in [6.07, 6.45) is -4.62. The summed E-state index contributed by atoms with van der Waals surface area (Å²) in [5.41, 5.74) is 0.488. The van der Waals surface area contributed by atoms with Crippen LogP contribution in [0.25, 0.3) is 11.1 Å². The van der Waals surface area contributed by atoms with Crippen molar-refractivity contribution in [1.82, 2.24) is 0 Å². The van der Waals surface area contributed by atoms with E-state index in [1.54, 1.807) is 0 Å². The molecule has 0 fully saturated rings. The van der Waals surface area contributed by atoms with Gasteiger partial charge in [0.25, 0.3) is 0 Å². The maximum Gasteiger partial charge on any atom is 0.416 e. The zero-order valence-electron chi connectivity index (χ0n) is 10.6. The van der Waals surface area contributed by atoms with Gasteiger partial charge in [0.05, 0.1) is 12.0 Å². The van der Waals surface area contributed by atoms with Gasteiger partial charge in [-0.1, -0.05) is 35.9 Å². The molecule has 0 spiro atoms. The van der Waals surface area contributed by atoms with Crippen LogP contribution in [-0.2, 0) is 17.4 Å². The van der Waals surface area contributed by atoms with Crippen molar-refractivity contribution in [3.05, 3.63) is 58.6 Å². The molecule has 110 valence electrons. The molecular formula is C15H10ClF3O2. The van der Waals surface area contributed by atoms with Crippen LogP contribution in [0.15, 0.2) is 42.5 Å². The van der Waals surface area contributed by atoms with Crippen LogP contribution in [0, 0.1) is 0 Å². The third kappa shape index (κ3) is 3.76. The van der Waals surface area contributed by atoms with Crippen LogP contribution in [0.5, 0.6) is 0 Å². The molecule has 0 aromatic heterocycles. The van der Waals surface area contributed by atoms with E-state index in [4.69, 9.17) is 16.7 Å². The first kappa shape index (κ1) is 15.4. The quantitative estimate of drug-likeness (QED) is 0.895. The van der Waals surface area contributed by atoms with Crippen molar-refractivity contribution < 1.29 is 23.1 Å². The summed E-state index contributed by atoms with van der Waals surface area (Å²) in [6.45, 7) is 0. The molecular weight excluding hydrogens is 305 g/mol. The number of halogens is 4. The lowest BCUT2D eigenvalue weighted by molar-refractivity contribution is -0.138. The minimum atomic E-state index is -4.42. The highest BCUT2D eigenvalue weighted by Crippen LogP contribution is 2.34. The molecule has 0 aliphatic rings. The number of carboxylic acid groups (broad SMARTS) is 1. The Balaban J connectivity index is 2.41. The highest BCUT2D eigenvalue weighted by atomic mass is 35.5. The van der Waals surface area contributed by atoms with E-state index in [1.165, 1.54) is 30.3 Å². The summed E-state index contributed by atoms with van der Waals surface area (Å²) in [6, 6.07) is 9.33. The zero-order valence-corrected chi connectivity index (χ0v) is 11.4. The molecule has 0 aliphatic heterocycles. The molecule has 2 nitrogen and oxygen atoms in total. The molecule has 0 saturated carbocycles. The number of benzene rings is 2. The predicted octanol–water partition coefficient (Wildman–Crippen LogP) is 4.65. The average molecular weight is 315 g/mol. The Morgan fingerprint density at radius 2 is 1.86 bits per heavy atom. The molecule has 0 saturated heterocycles. The van der Waals surface area contributed by atoms with E-state index in [-0.39, 0.29) is 11.4 Å². The first-order valence-corrected chi connectivity index (χ1v) is 6.33. The number of carboxylic acids is 1. The smallest absolute Gasteiger partial charge is 0.416 e. The first-order chi connectivity index (χ1) is 9.77. The van der Waals surface area contributed by atoms with E-state index in [0.29, 0.717) is 16.7 Å². The van der Waals surface area contributed by atoms with Crippen molar-refractivity contribution in [3.8, 4) is 11.1 Å². The molecule has 2 aromatic carbocycles. The minimum Gasteiger partial charge on any atom is -0.481 e. The van der Waals surface area contributed by atoms with Crippen LogP contribution in [0.2, 0.25) is 5.02 Å². The molecule has 1 N–H and O–H groups in total. The average Bonchev–Trinajstić information content (AvgIpc) is 2.37. The minimum absolute atomic E-state index is 0.192. The van der Waals surface area contributed by atoms with E-state index in [0.717, 1.165) is 12.1 Å². The molecule has 6 heteroatoms. The second kappa shape index (κ2) is 5.77. The number of aliphatic carboxylic acids is 1. The Bertz CT molecular complexity index is 681. The fourth-order valence-corrected chi connectivity index (χ4v) is 2.25. The van der Waals surface area contributed by atoms with Crippen molar-refractivity contribution in [1.29, 1.82) is 0 Å². The van der Waals surface area contributed by atoms with Gasteiger partial charge in [0.2, 0.25) is 0 Å². The number of alkyl halides is 3. The lowest BCUT2D eigenvalue weighted by Gasteiger charge is -2.10. The van der Waals surface area contributed by atoms with Gasteiger partial charge in [0, 0.05) is 10.6 Å². The molecule has 0 aliphatic carbocycles. The molecule has 0 radical (unpaired) electrons. The monoisotopic (exact) mass is 314 g/mol. The summed E-state index contributed by atoms with van der Waals surface area (Å²) >= 11 is 6.04. The van der Waals surface area contributed by atoms with Gasteiger partial charge in [-0.05, 0) is 29.3 Å². The van der Waals surface area contributed by atoms with Gasteiger partial charge < -0.3 is 5.11 Å². The van der Waals surface area contributed by atoms with Gasteiger partial charge in [-0.3, -0.25) is 4.79 Å². The number of hydrogen-bond acceptors (Lipinski definition) is 1. The van der Waals surface area contributed by atoms with Crippen LogP contribution in [0.3, 0.4) is 0 Å². The number of hydrogen-bond donors (Lipinski definition) is 1. The Morgan fingerprint density at radius 3 is 2.43 bits per heavy atom. The third-order valence-corrected chi connectivity index (χ3v) is 3.20. The van der Waals surface area contributed by atoms with E-state index in [2.05, 4.69) is 0 Å². The van der Waals surface area contributed by atoms with E-state index < -0.39 is 17.7 Å². The maximum atomic E-state index is 12.7. The Morgan fingerprint density at radius 1 is 1.14 bits per heavy atom. The van der Waals surface area contributed by atoms with Crippen LogP contribution < -0.4 is 0 Å². The van der Waals surface area contributed by atoms with Crippen molar-refractivity contribution in [2.45, 2.75) is 12.6 Å². The normalized spacial score (nSPS) is 11.4. The fourth-order valence-electron chi connectivity index (χ4n) is 1.94. The van der Waals surface area contributed by atoms with Crippen molar-refractivity contribution in [2.24, 2.45) is 0 Å². The largest absolute Gasteiger partial charge is 0.481 e. The van der Waals surface area contributed by atoms with Crippen molar-refractivity contribution >= 4 is 17.6 Å². The summed E-state index contributed by atoms with van der Waals surface area (Å²) < 4.78 is 38.1. The summed E-state index contributed by atoms with van der Waals surface area (Å²) in [7, 11) is 0. The first-order valence-electron chi connectivity index (χ1n) is 5.95. The standard InChI is InChI=1S/C15H10ClF3O2/c16-13-6-9(7-14(20)21)4-5-12(13)10-2-1-3-11(8-10)15(17,18)19/h1-6,8H,7H2,(H,20,21). The molecule has 0 heterocycles. The van der Waals surface area contributed by atoms with Crippen LogP contribution >= 0.6 is 11.6 Å². The summed E-state index contributed by atoms with van der Waals surface area (Å²) in [4.78, 5) is 10.6. The van der Waals surface area contributed by atoms with Crippen molar-refractivity contribution in [2.75, 3.05) is 0 Å². The van der Waals surface area contributed by atoms with Crippen LogP contribution in [-0.4, -0.2) is 11.1 Å². The summed E-state index contributed by atoms with van der Waals surface area (Å²) in [5.74, 6) is -1.00. The SMILES string of the molecule is O=C(O)Cc1ccc(-c2cccc(C(F)(F)F)c2)c(Cl)c1. The second-order valence-electron chi connectivity index (χ2n) is 4.46. The van der Waals surface area contributed by atoms with E-state index >= 15 is 0 Å². The second-order valence-corrected chi connectivity index (χ2v) is 4.87. The van der Waals surface area contributed by atoms with Gasteiger partial charge >= 0.3 is 12.1 Å². The predicted molar refractivity (Wildman–Crippen MR) is 73.2 cm³/mol. The zero-order chi connectivity index (χ0) is 15.6. The lowest BCUT2D eigenvalue weighted by Crippen LogP contribution is -2.04. The fraction of sp³-hybridized carbons (Fsp3) is 0.133. The maximum absolute atomic E-state index is 12.7. The molecule has 21 heavy (non-hydrogen) atoms. The Hall–Kier alpha value is -2.01. The van der Waals surface area contributed by atoms with Gasteiger partial charge in [-0.25, -0.2) is 0 Å². The lowest BCUT2D eigenvalue weighted by atomic mass is 10.0. The number of rotatable bonds is 3. The third-order valence-electron chi connectivity index (χ3n) is 2.89. The molecule has 0 atom stereocenters. The van der Waals surface area contributed by atoms with Gasteiger partial charge in [0.1, 0.15) is 0 Å². The molecule has 0 bridgehead atoms. The van der Waals surface area contributed by atoms with Gasteiger partial charge in [0.15, 0.2) is 0 Å². The van der Waals surface area contributed by atoms with Gasteiger partial charge in [-0.2, -0.15) is 13.2 Å². The highest BCUT2D eigenvalue weighted by molar-refractivity contribution is 6.33. The molecule has 0 amide bonds. The Kier molecular flexibility index (Phi) is 4.23. The molecule has 2 rings (SSSR count). The molecule has 0 unspecified atom stereocenters. The van der Waals surface area contributed by atoms with Crippen LogP contribution in [0.4, 0.5) is 13.2 Å². The van der Waals surface area contributed by atoms with E-state index in [9.17, 15) is 18.0 Å². The van der Waals surface area contributed by atoms with Crippen molar-refractivity contribution in [3.63, 3.8) is 0 Å². The highest BCUT2D eigenvalue weighted by Gasteiger charge is 2.30.